The molecule has 514 valence electrons. The summed E-state index contributed by atoms with van der Waals surface area (Å²) in [5.41, 5.74) is 21.9. The van der Waals surface area contributed by atoms with Crippen LogP contribution in [0, 0.1) is 16.2 Å². The molecule has 0 aliphatic carbocycles. The summed E-state index contributed by atoms with van der Waals surface area (Å²) >= 11 is 0. The molecule has 1 fully saturated rings. The number of aliphatic hydroxyl groups excluding tert-OH is 2. The first-order valence-electron chi connectivity index (χ1n) is 30.4. The maximum Gasteiger partial charge on any atom is 1.00 e. The number of nitrogens with two attached hydrogens (primary N) is 4. The Bertz CT molecular complexity index is 2820. The summed E-state index contributed by atoms with van der Waals surface area (Å²) in [6, 6.07) is 17.3. The van der Waals surface area contributed by atoms with Crippen molar-refractivity contribution in [1.29, 1.82) is 0 Å². The van der Waals surface area contributed by atoms with Gasteiger partial charge in [0.05, 0.1) is 37.5 Å². The van der Waals surface area contributed by atoms with Crippen LogP contribution in [-0.2, 0) is 63.7 Å². The second kappa shape index (κ2) is 45.9. The number of ether oxygens (including phenoxy) is 4. The number of hydrogen-bond acceptors (Lipinski definition) is 26. The fourth-order valence-electron chi connectivity index (χ4n) is 9.84. The Hall–Kier alpha value is -1.64. The summed E-state index contributed by atoms with van der Waals surface area (Å²) in [5.74, 6) is -1.42. The molecule has 3 aromatic rings. The molecular formula is C61H101N8Na3O18S3. The summed E-state index contributed by atoms with van der Waals surface area (Å²) in [6.07, 6.45) is 1.23. The average Bonchev–Trinajstić information content (AvgIpc) is 0.962. The van der Waals surface area contributed by atoms with Gasteiger partial charge in [0, 0.05) is 78.5 Å². The van der Waals surface area contributed by atoms with E-state index in [0.29, 0.717) is 97.6 Å². The number of epoxide rings is 1. The molecule has 0 aromatic heterocycles. The minimum Gasteiger partial charge on any atom is -0.744 e. The van der Waals surface area contributed by atoms with Crippen molar-refractivity contribution in [3.05, 3.63) is 89.5 Å². The monoisotopic (exact) mass is 1400 g/mol. The molecule has 1 aliphatic rings. The van der Waals surface area contributed by atoms with Crippen LogP contribution in [0.5, 0.6) is 0 Å². The van der Waals surface area contributed by atoms with Crippen molar-refractivity contribution in [3.8, 4) is 0 Å². The number of hydrogen-bond donors (Lipinski definition) is 8. The number of aliphatic hydroxyl groups is 2. The maximum absolute atomic E-state index is 13.0. The second-order valence-corrected chi connectivity index (χ2v) is 28.3. The molecule has 0 radical (unpaired) electrons. The van der Waals surface area contributed by atoms with Crippen LogP contribution < -0.4 is 122 Å². The van der Waals surface area contributed by atoms with Crippen molar-refractivity contribution in [2.45, 2.75) is 152 Å². The third-order valence-electron chi connectivity index (χ3n) is 15.3. The second-order valence-electron chi connectivity index (χ2n) is 24.2. The van der Waals surface area contributed by atoms with Crippen LogP contribution in [0.4, 0.5) is 0 Å². The van der Waals surface area contributed by atoms with Gasteiger partial charge in [0.15, 0.2) is 0 Å². The average molecular weight is 1400 g/mol. The molecule has 0 saturated carbocycles. The molecule has 32 heteroatoms. The molecule has 93 heavy (non-hydrogen) atoms. The minimum absolute atomic E-state index is 0. The number of rotatable bonds is 40. The normalized spacial score (nSPS) is 15.0. The van der Waals surface area contributed by atoms with Gasteiger partial charge >= 0.3 is 107 Å². The van der Waals surface area contributed by atoms with Crippen LogP contribution in [-0.4, -0.2) is 200 Å². The molecule has 1 heterocycles. The predicted molar refractivity (Wildman–Crippen MR) is 337 cm³/mol. The number of esters is 3. The van der Waals surface area contributed by atoms with Crippen molar-refractivity contribution < 1.29 is 171 Å². The maximum atomic E-state index is 13.0. The molecule has 1 aliphatic heterocycles. The van der Waals surface area contributed by atoms with Crippen molar-refractivity contribution in [3.63, 3.8) is 0 Å². The van der Waals surface area contributed by atoms with Gasteiger partial charge in [0.1, 0.15) is 68.7 Å². The van der Waals surface area contributed by atoms with E-state index in [4.69, 9.17) is 41.9 Å². The Labute approximate surface area is 619 Å². The van der Waals surface area contributed by atoms with Crippen LogP contribution in [0.3, 0.4) is 0 Å². The Kier molecular flexibility index (Phi) is 46.1. The first-order valence-corrected chi connectivity index (χ1v) is 34.6. The van der Waals surface area contributed by atoms with Crippen molar-refractivity contribution in [2.24, 2.45) is 39.2 Å². The number of benzene rings is 3. The Morgan fingerprint density at radius 3 is 0.978 bits per heavy atom. The number of carbonyl (C=O) groups is 3. The van der Waals surface area contributed by atoms with Gasteiger partial charge in [0.2, 0.25) is 0 Å². The zero-order valence-electron chi connectivity index (χ0n) is 56.8. The van der Waals surface area contributed by atoms with Gasteiger partial charge in [-0.25, -0.2) is 25.3 Å². The molecule has 0 bridgehead atoms. The summed E-state index contributed by atoms with van der Waals surface area (Å²) in [6.45, 7) is 24.1. The van der Waals surface area contributed by atoms with Gasteiger partial charge in [-0.2, -0.15) is 0 Å². The van der Waals surface area contributed by atoms with Gasteiger partial charge in [-0.3, -0.25) is 34.8 Å². The summed E-state index contributed by atoms with van der Waals surface area (Å²) in [5, 5.41) is 26.7. The first kappa shape index (κ1) is 93.4. The molecule has 26 nitrogen and oxygen atoms in total. The Balaban J connectivity index is 0. The topological polar surface area (TPSA) is 438 Å². The van der Waals surface area contributed by atoms with Gasteiger partial charge in [0.25, 0.3) is 0 Å². The van der Waals surface area contributed by atoms with Gasteiger partial charge in [-0.15, -0.1) is 0 Å². The van der Waals surface area contributed by atoms with E-state index in [9.17, 15) is 63.5 Å². The van der Waals surface area contributed by atoms with Crippen molar-refractivity contribution in [2.75, 3.05) is 105 Å². The largest absolute Gasteiger partial charge is 1.00 e. The minimum atomic E-state index is -4.56. The smallest absolute Gasteiger partial charge is 0.744 e. The SMILES string of the molecule is CCC(CC(C)(C)C(=O)OCC(O)NCCN(CCN)CCNC(O)COC(=O)C(C)(C)CC(CC)c1ccc(S(=O)(=O)[O-])cc1)c1ccc(S(=O)(=O)[O-])cc1.CCC(CC(C)(C)C(=O)OCC1CO1)c1ccc(S(=O)(=O)[O-])cc1.NCCN(CCN)CCN.[Na+].[Na+].[Na+]. The van der Waals surface area contributed by atoms with E-state index >= 15 is 0 Å². The van der Waals surface area contributed by atoms with Crippen LogP contribution in [0.2, 0.25) is 0 Å². The standard InChI is InChI=1S/C38H62N4O12S2.C17H24O6S.C6H18N4.3Na/c1-7-27(29-9-13-31(14-10-29)55(47,48)49)23-37(3,4)35(45)53-25-33(43)40-18-21-42(20-17-39)22-19-41-34(44)26-54-36(46)38(5,6)24-28(8-2)30-11-15-32(16-12-30)56(50,51)52;1-4-12(13-5-7-15(8-6-13)24(19,20)21)9-17(2,3)16(18)23-11-14-10-22-14;7-1-4-10(5-2-8)6-3-9;;;/h9-16,27-28,33-34,40-41,43-44H,7-8,17-26,39H2,1-6H3,(H,47,48,49)(H,50,51,52);5-8,12,14H,4,9-11H2,1-3H3,(H,19,20,21);1-9H2;;;/q;;;3*+1/p-3. The fraction of sp³-hybridized carbons (Fsp3) is 0.656. The summed E-state index contributed by atoms with van der Waals surface area (Å²) in [4.78, 5) is 41.5. The molecule has 3 aromatic carbocycles. The van der Waals surface area contributed by atoms with Crippen LogP contribution in [0.15, 0.2) is 87.5 Å². The Morgan fingerprint density at radius 1 is 0.505 bits per heavy atom. The van der Waals surface area contributed by atoms with E-state index in [2.05, 4.69) is 15.5 Å². The van der Waals surface area contributed by atoms with Gasteiger partial charge in [-0.05, 0) is 151 Å². The van der Waals surface area contributed by atoms with Gasteiger partial charge in [-0.1, -0.05) is 57.2 Å². The van der Waals surface area contributed by atoms with E-state index in [1.807, 2.05) is 39.5 Å². The third kappa shape index (κ3) is 36.3. The van der Waals surface area contributed by atoms with Gasteiger partial charge < -0.3 is 65.8 Å². The van der Waals surface area contributed by atoms with E-state index in [1.54, 1.807) is 64.1 Å². The van der Waals surface area contributed by atoms with E-state index in [1.165, 1.54) is 36.4 Å². The zero-order valence-corrected chi connectivity index (χ0v) is 65.3. The van der Waals surface area contributed by atoms with E-state index in [-0.39, 0.29) is 153 Å². The first-order chi connectivity index (χ1) is 42.0. The number of nitrogens with zero attached hydrogens (tertiary/aromatic N) is 2. The quantitative estimate of drug-likeness (QED) is 0.00656. The number of nitrogens with one attached hydrogen (secondary N) is 2. The molecule has 12 N–H and O–H groups in total. The molecule has 0 spiro atoms. The molecule has 0 amide bonds. The van der Waals surface area contributed by atoms with Crippen molar-refractivity contribution in [1.82, 2.24) is 20.4 Å². The summed E-state index contributed by atoms with van der Waals surface area (Å²) in [7, 11) is -13.6. The van der Waals surface area contributed by atoms with Crippen molar-refractivity contribution >= 4 is 48.3 Å². The summed E-state index contributed by atoms with van der Waals surface area (Å²) < 4.78 is 122. The van der Waals surface area contributed by atoms with Crippen LogP contribution >= 0.6 is 0 Å². The molecule has 6 atom stereocenters. The third-order valence-corrected chi connectivity index (χ3v) is 17.8. The molecule has 1 saturated heterocycles. The van der Waals surface area contributed by atoms with Crippen LogP contribution in [0.25, 0.3) is 0 Å². The van der Waals surface area contributed by atoms with Crippen LogP contribution in [0.1, 0.15) is 135 Å². The molecule has 4 rings (SSSR count). The van der Waals surface area contributed by atoms with E-state index < -0.39 is 71.0 Å². The number of carbonyl (C=O) groups excluding carboxylic acids is 3. The molecule has 6 unspecified atom stereocenters. The Morgan fingerprint density at radius 2 is 0.753 bits per heavy atom. The zero-order chi connectivity index (χ0) is 68.1. The fourth-order valence-corrected chi connectivity index (χ4v) is 11.2. The molecular weight excluding hydrogens is 1300 g/mol. The predicted octanol–water partition coefficient (Wildman–Crippen LogP) is -6.20. The van der Waals surface area contributed by atoms with E-state index in [0.717, 1.165) is 42.7 Å².